The third kappa shape index (κ3) is 3.03. The lowest BCUT2D eigenvalue weighted by Gasteiger charge is -2.12. The van der Waals surface area contributed by atoms with Crippen molar-refractivity contribution in [1.29, 1.82) is 0 Å². The molecule has 0 saturated carbocycles. The van der Waals surface area contributed by atoms with Crippen molar-refractivity contribution in [3.05, 3.63) is 62.8 Å². The summed E-state index contributed by atoms with van der Waals surface area (Å²) in [7, 11) is 0. The van der Waals surface area contributed by atoms with E-state index < -0.39 is 0 Å². The summed E-state index contributed by atoms with van der Waals surface area (Å²) in [5.74, 6) is -0.250. The Morgan fingerprint density at radius 2 is 2.06 bits per heavy atom. The standard InChI is InChI=1S/C14H12BrClFN/c1-9-3-2-4-13(16)14(9)18-8-10-5-6-11(17)7-12(10)15/h2-7,18H,8H2,1H3. The minimum atomic E-state index is -0.250. The molecule has 0 aliphatic heterocycles. The average Bonchev–Trinajstić information content (AvgIpc) is 2.31. The number of aryl methyl sites for hydroxylation is 1. The van der Waals surface area contributed by atoms with Gasteiger partial charge in [0.2, 0.25) is 0 Å². The Kier molecular flexibility index (Phi) is 4.25. The van der Waals surface area contributed by atoms with Crippen LogP contribution in [0.1, 0.15) is 11.1 Å². The maximum Gasteiger partial charge on any atom is 0.124 e. The van der Waals surface area contributed by atoms with E-state index in [2.05, 4.69) is 21.2 Å². The second-order valence-corrected chi connectivity index (χ2v) is 5.28. The lowest BCUT2D eigenvalue weighted by atomic mass is 10.1. The number of halogens is 3. The van der Waals surface area contributed by atoms with E-state index in [-0.39, 0.29) is 5.82 Å². The molecule has 0 aliphatic carbocycles. The highest BCUT2D eigenvalue weighted by Gasteiger charge is 2.05. The monoisotopic (exact) mass is 327 g/mol. The summed E-state index contributed by atoms with van der Waals surface area (Å²) in [6.07, 6.45) is 0. The molecular formula is C14H12BrClFN. The van der Waals surface area contributed by atoms with Gasteiger partial charge in [0, 0.05) is 11.0 Å². The molecule has 2 aromatic rings. The van der Waals surface area contributed by atoms with Crippen LogP contribution in [0, 0.1) is 12.7 Å². The fourth-order valence-corrected chi connectivity index (χ4v) is 2.48. The zero-order valence-electron chi connectivity index (χ0n) is 9.81. The van der Waals surface area contributed by atoms with E-state index in [1.54, 1.807) is 6.07 Å². The summed E-state index contributed by atoms with van der Waals surface area (Å²) >= 11 is 9.47. The first kappa shape index (κ1) is 13.4. The Labute approximate surface area is 119 Å². The zero-order chi connectivity index (χ0) is 13.1. The van der Waals surface area contributed by atoms with Crippen LogP contribution in [0.4, 0.5) is 10.1 Å². The molecule has 1 N–H and O–H groups in total. The van der Waals surface area contributed by atoms with E-state index in [1.807, 2.05) is 25.1 Å². The van der Waals surface area contributed by atoms with Crippen LogP contribution in [0.2, 0.25) is 5.02 Å². The van der Waals surface area contributed by atoms with Crippen molar-refractivity contribution in [2.24, 2.45) is 0 Å². The number of para-hydroxylation sites is 1. The average molecular weight is 329 g/mol. The largest absolute Gasteiger partial charge is 0.380 e. The first-order valence-corrected chi connectivity index (χ1v) is 6.68. The summed E-state index contributed by atoms with van der Waals surface area (Å²) < 4.78 is 13.7. The normalized spacial score (nSPS) is 10.4. The van der Waals surface area contributed by atoms with Gasteiger partial charge in [0.05, 0.1) is 10.7 Å². The summed E-state index contributed by atoms with van der Waals surface area (Å²) in [6, 6.07) is 10.4. The SMILES string of the molecule is Cc1cccc(Cl)c1NCc1ccc(F)cc1Br. The summed E-state index contributed by atoms with van der Waals surface area (Å²) in [5, 5.41) is 3.96. The first-order chi connectivity index (χ1) is 8.58. The second kappa shape index (κ2) is 5.72. The van der Waals surface area contributed by atoms with E-state index in [1.165, 1.54) is 12.1 Å². The Bertz CT molecular complexity index is 551. The molecule has 0 fully saturated rings. The molecule has 2 aromatic carbocycles. The van der Waals surface area contributed by atoms with Crippen LogP contribution in [0.15, 0.2) is 40.9 Å². The van der Waals surface area contributed by atoms with Crippen LogP contribution in [0.3, 0.4) is 0 Å². The van der Waals surface area contributed by atoms with E-state index in [9.17, 15) is 4.39 Å². The van der Waals surface area contributed by atoms with E-state index in [0.717, 1.165) is 21.3 Å². The van der Waals surface area contributed by atoms with Crippen molar-refractivity contribution in [1.82, 2.24) is 0 Å². The Morgan fingerprint density at radius 3 is 2.72 bits per heavy atom. The topological polar surface area (TPSA) is 12.0 Å². The molecule has 0 spiro atoms. The molecule has 0 aromatic heterocycles. The molecular weight excluding hydrogens is 317 g/mol. The van der Waals surface area contributed by atoms with Gasteiger partial charge in [-0.25, -0.2) is 4.39 Å². The van der Waals surface area contributed by atoms with Crippen LogP contribution < -0.4 is 5.32 Å². The molecule has 94 valence electrons. The number of rotatable bonds is 3. The molecule has 0 unspecified atom stereocenters. The van der Waals surface area contributed by atoms with Crippen molar-refractivity contribution >= 4 is 33.2 Å². The number of benzene rings is 2. The Hall–Kier alpha value is -1.06. The predicted octanol–water partition coefficient (Wildman–Crippen LogP) is 5.16. The van der Waals surface area contributed by atoms with Gasteiger partial charge >= 0.3 is 0 Å². The number of anilines is 1. The third-order valence-electron chi connectivity index (χ3n) is 2.69. The lowest BCUT2D eigenvalue weighted by Crippen LogP contribution is -2.02. The van der Waals surface area contributed by atoms with Gasteiger partial charge in [0.1, 0.15) is 5.82 Å². The predicted molar refractivity (Wildman–Crippen MR) is 77.6 cm³/mol. The Morgan fingerprint density at radius 1 is 1.28 bits per heavy atom. The minimum absolute atomic E-state index is 0.250. The number of nitrogens with one attached hydrogen (secondary N) is 1. The quantitative estimate of drug-likeness (QED) is 0.820. The molecule has 18 heavy (non-hydrogen) atoms. The molecule has 0 radical (unpaired) electrons. The van der Waals surface area contributed by atoms with Gasteiger partial charge < -0.3 is 5.32 Å². The number of hydrogen-bond acceptors (Lipinski definition) is 1. The summed E-state index contributed by atoms with van der Waals surface area (Å²) in [6.45, 7) is 2.58. The second-order valence-electron chi connectivity index (χ2n) is 4.02. The van der Waals surface area contributed by atoms with Gasteiger partial charge in [-0.1, -0.05) is 45.7 Å². The van der Waals surface area contributed by atoms with Crippen molar-refractivity contribution < 1.29 is 4.39 Å². The van der Waals surface area contributed by atoms with Crippen molar-refractivity contribution in [3.8, 4) is 0 Å². The van der Waals surface area contributed by atoms with Gasteiger partial charge in [0.15, 0.2) is 0 Å². The molecule has 0 aliphatic rings. The van der Waals surface area contributed by atoms with Crippen LogP contribution in [-0.4, -0.2) is 0 Å². The Balaban J connectivity index is 2.16. The van der Waals surface area contributed by atoms with E-state index in [0.29, 0.717) is 11.6 Å². The van der Waals surface area contributed by atoms with Crippen LogP contribution in [-0.2, 0) is 6.54 Å². The third-order valence-corrected chi connectivity index (χ3v) is 3.75. The molecule has 4 heteroatoms. The zero-order valence-corrected chi connectivity index (χ0v) is 12.1. The fraction of sp³-hybridized carbons (Fsp3) is 0.143. The van der Waals surface area contributed by atoms with Gasteiger partial charge in [-0.05, 0) is 36.2 Å². The van der Waals surface area contributed by atoms with Crippen LogP contribution >= 0.6 is 27.5 Å². The maximum absolute atomic E-state index is 13.0. The van der Waals surface area contributed by atoms with Gasteiger partial charge in [-0.2, -0.15) is 0 Å². The van der Waals surface area contributed by atoms with Gasteiger partial charge in [0.25, 0.3) is 0 Å². The van der Waals surface area contributed by atoms with Gasteiger partial charge in [-0.3, -0.25) is 0 Å². The van der Waals surface area contributed by atoms with Gasteiger partial charge in [-0.15, -0.1) is 0 Å². The van der Waals surface area contributed by atoms with Crippen molar-refractivity contribution in [2.45, 2.75) is 13.5 Å². The first-order valence-electron chi connectivity index (χ1n) is 5.51. The molecule has 0 amide bonds. The van der Waals surface area contributed by atoms with Crippen molar-refractivity contribution in [3.63, 3.8) is 0 Å². The maximum atomic E-state index is 13.0. The highest BCUT2D eigenvalue weighted by Crippen LogP contribution is 2.27. The highest BCUT2D eigenvalue weighted by atomic mass is 79.9. The van der Waals surface area contributed by atoms with E-state index >= 15 is 0 Å². The van der Waals surface area contributed by atoms with Crippen LogP contribution in [0.25, 0.3) is 0 Å². The highest BCUT2D eigenvalue weighted by molar-refractivity contribution is 9.10. The minimum Gasteiger partial charge on any atom is -0.380 e. The molecule has 0 bridgehead atoms. The van der Waals surface area contributed by atoms with Crippen molar-refractivity contribution in [2.75, 3.05) is 5.32 Å². The molecule has 1 nitrogen and oxygen atoms in total. The fourth-order valence-electron chi connectivity index (χ4n) is 1.70. The molecule has 0 saturated heterocycles. The van der Waals surface area contributed by atoms with E-state index in [4.69, 9.17) is 11.6 Å². The smallest absolute Gasteiger partial charge is 0.124 e. The molecule has 0 atom stereocenters. The number of hydrogen-bond donors (Lipinski definition) is 1. The molecule has 2 rings (SSSR count). The lowest BCUT2D eigenvalue weighted by molar-refractivity contribution is 0.626. The molecule has 0 heterocycles. The summed E-state index contributed by atoms with van der Waals surface area (Å²) in [5.41, 5.74) is 2.98. The van der Waals surface area contributed by atoms with Crippen LogP contribution in [0.5, 0.6) is 0 Å². The summed E-state index contributed by atoms with van der Waals surface area (Å²) in [4.78, 5) is 0.